The van der Waals surface area contributed by atoms with Crippen molar-refractivity contribution in [3.63, 3.8) is 0 Å². The van der Waals surface area contributed by atoms with Gasteiger partial charge in [-0.1, -0.05) is 12.1 Å². The molecule has 1 aromatic heterocycles. The van der Waals surface area contributed by atoms with E-state index in [1.165, 1.54) is 6.08 Å². The number of pyridine rings is 1. The summed E-state index contributed by atoms with van der Waals surface area (Å²) < 4.78 is 0.625. The third kappa shape index (κ3) is 2.62. The van der Waals surface area contributed by atoms with Crippen LogP contribution in [0.25, 0.3) is 0 Å². The highest BCUT2D eigenvalue weighted by molar-refractivity contribution is 9.10. The van der Waals surface area contributed by atoms with E-state index in [1.807, 2.05) is 0 Å². The number of aromatic nitrogens is 1. The normalized spacial score (nSPS) is 15.0. The fourth-order valence-corrected chi connectivity index (χ4v) is 1.25. The number of aliphatic hydroxyl groups excluding tert-OH is 2. The maximum Gasteiger partial charge on any atom is 0.125 e. The first kappa shape index (κ1) is 10.4. The second-order valence-corrected chi connectivity index (χ2v) is 3.37. The summed E-state index contributed by atoms with van der Waals surface area (Å²) in [5, 5.41) is 18.8. The molecule has 0 aliphatic rings. The van der Waals surface area contributed by atoms with E-state index >= 15 is 0 Å². The standard InChI is InChI=1S/C9H10BrNO2/c1-2-7(12)9(13)6-4-3-5-8(10)11-6/h2-5,7,9,12-13H,1H2/t7-,9+/m1/s1. The van der Waals surface area contributed by atoms with Gasteiger partial charge in [0.2, 0.25) is 0 Å². The molecule has 0 radical (unpaired) electrons. The number of rotatable bonds is 3. The highest BCUT2D eigenvalue weighted by Gasteiger charge is 2.16. The molecule has 0 aromatic carbocycles. The maximum atomic E-state index is 9.51. The molecular formula is C9H10BrNO2. The molecule has 0 bridgehead atoms. The van der Waals surface area contributed by atoms with Crippen molar-refractivity contribution in [1.82, 2.24) is 4.98 Å². The second kappa shape index (κ2) is 4.50. The lowest BCUT2D eigenvalue weighted by atomic mass is 10.1. The van der Waals surface area contributed by atoms with Gasteiger partial charge < -0.3 is 10.2 Å². The third-order valence-corrected chi connectivity index (χ3v) is 2.05. The van der Waals surface area contributed by atoms with E-state index in [0.717, 1.165) is 0 Å². The minimum Gasteiger partial charge on any atom is -0.386 e. The van der Waals surface area contributed by atoms with E-state index < -0.39 is 12.2 Å². The third-order valence-electron chi connectivity index (χ3n) is 1.60. The van der Waals surface area contributed by atoms with Crippen molar-refractivity contribution in [3.8, 4) is 0 Å². The molecule has 1 rings (SSSR count). The Morgan fingerprint density at radius 2 is 2.15 bits per heavy atom. The monoisotopic (exact) mass is 243 g/mol. The minimum atomic E-state index is -1.02. The maximum absolute atomic E-state index is 9.51. The van der Waals surface area contributed by atoms with E-state index in [1.54, 1.807) is 18.2 Å². The van der Waals surface area contributed by atoms with Crippen LogP contribution in [0.5, 0.6) is 0 Å². The van der Waals surface area contributed by atoms with Gasteiger partial charge in [-0.25, -0.2) is 4.98 Å². The van der Waals surface area contributed by atoms with Crippen molar-refractivity contribution in [2.45, 2.75) is 12.2 Å². The number of hydrogen-bond donors (Lipinski definition) is 2. The summed E-state index contributed by atoms with van der Waals surface area (Å²) >= 11 is 3.17. The summed E-state index contributed by atoms with van der Waals surface area (Å²) in [5.41, 5.74) is 0.418. The first-order chi connectivity index (χ1) is 6.15. The van der Waals surface area contributed by atoms with Crippen LogP contribution in [0.3, 0.4) is 0 Å². The fourth-order valence-electron chi connectivity index (χ4n) is 0.893. The predicted octanol–water partition coefficient (Wildman–Crippen LogP) is 1.42. The molecule has 0 aliphatic carbocycles. The molecule has 70 valence electrons. The molecule has 13 heavy (non-hydrogen) atoms. The van der Waals surface area contributed by atoms with E-state index in [9.17, 15) is 10.2 Å². The van der Waals surface area contributed by atoms with E-state index in [4.69, 9.17) is 0 Å². The van der Waals surface area contributed by atoms with Crippen LogP contribution >= 0.6 is 15.9 Å². The van der Waals surface area contributed by atoms with E-state index in [0.29, 0.717) is 10.3 Å². The van der Waals surface area contributed by atoms with Crippen molar-refractivity contribution in [1.29, 1.82) is 0 Å². The van der Waals surface area contributed by atoms with Gasteiger partial charge in [0, 0.05) is 0 Å². The number of hydrogen-bond acceptors (Lipinski definition) is 3. The van der Waals surface area contributed by atoms with Gasteiger partial charge in [-0.05, 0) is 28.1 Å². The van der Waals surface area contributed by atoms with Crippen LogP contribution in [0.15, 0.2) is 35.5 Å². The molecule has 2 N–H and O–H groups in total. The van der Waals surface area contributed by atoms with Crippen LogP contribution in [0.1, 0.15) is 11.8 Å². The van der Waals surface area contributed by atoms with Gasteiger partial charge in [0.25, 0.3) is 0 Å². The zero-order valence-corrected chi connectivity index (χ0v) is 8.48. The average Bonchev–Trinajstić information content (AvgIpc) is 2.15. The molecule has 2 atom stereocenters. The lowest BCUT2D eigenvalue weighted by Gasteiger charge is -2.13. The molecule has 0 unspecified atom stereocenters. The summed E-state index contributed by atoms with van der Waals surface area (Å²) in [5.74, 6) is 0. The van der Waals surface area contributed by atoms with Gasteiger partial charge in [0.15, 0.2) is 0 Å². The topological polar surface area (TPSA) is 53.4 Å². The molecule has 1 aromatic rings. The van der Waals surface area contributed by atoms with Crippen LogP contribution in [0.2, 0.25) is 0 Å². The number of halogens is 1. The van der Waals surface area contributed by atoms with Crippen LogP contribution in [-0.4, -0.2) is 21.3 Å². The smallest absolute Gasteiger partial charge is 0.125 e. The Morgan fingerprint density at radius 3 is 2.69 bits per heavy atom. The summed E-state index contributed by atoms with van der Waals surface area (Å²) in [6.45, 7) is 3.38. The number of nitrogens with zero attached hydrogens (tertiary/aromatic N) is 1. The molecule has 1 heterocycles. The molecule has 0 aliphatic heterocycles. The van der Waals surface area contributed by atoms with Gasteiger partial charge in [-0.15, -0.1) is 6.58 Å². The molecule has 3 nitrogen and oxygen atoms in total. The van der Waals surface area contributed by atoms with Crippen molar-refractivity contribution < 1.29 is 10.2 Å². The Morgan fingerprint density at radius 1 is 1.46 bits per heavy atom. The van der Waals surface area contributed by atoms with E-state index in [-0.39, 0.29) is 0 Å². The van der Waals surface area contributed by atoms with Gasteiger partial charge in [-0.2, -0.15) is 0 Å². The molecule has 0 fully saturated rings. The minimum absolute atomic E-state index is 0.418. The van der Waals surface area contributed by atoms with Crippen LogP contribution in [0.4, 0.5) is 0 Å². The van der Waals surface area contributed by atoms with E-state index in [2.05, 4.69) is 27.5 Å². The summed E-state index contributed by atoms with van der Waals surface area (Å²) in [6.07, 6.45) is -0.732. The lowest BCUT2D eigenvalue weighted by Crippen LogP contribution is -2.16. The lowest BCUT2D eigenvalue weighted by molar-refractivity contribution is 0.0455. The Hall–Kier alpha value is -0.710. The highest BCUT2D eigenvalue weighted by atomic mass is 79.9. The quantitative estimate of drug-likeness (QED) is 0.624. The van der Waals surface area contributed by atoms with Gasteiger partial charge in [0.1, 0.15) is 16.8 Å². The first-order valence-electron chi connectivity index (χ1n) is 3.76. The van der Waals surface area contributed by atoms with Crippen molar-refractivity contribution in [2.24, 2.45) is 0 Å². The van der Waals surface area contributed by atoms with Gasteiger partial charge in [0.05, 0.1) is 5.69 Å². The number of aliphatic hydroxyl groups is 2. The first-order valence-corrected chi connectivity index (χ1v) is 4.55. The Kier molecular flexibility index (Phi) is 3.59. The average molecular weight is 244 g/mol. The van der Waals surface area contributed by atoms with Crippen molar-refractivity contribution in [3.05, 3.63) is 41.2 Å². The molecule has 0 amide bonds. The van der Waals surface area contributed by atoms with Gasteiger partial charge >= 0.3 is 0 Å². The Labute approximate surface area is 84.9 Å². The predicted molar refractivity (Wildman–Crippen MR) is 53.1 cm³/mol. The van der Waals surface area contributed by atoms with Crippen LogP contribution in [-0.2, 0) is 0 Å². The van der Waals surface area contributed by atoms with Crippen LogP contribution < -0.4 is 0 Å². The zero-order chi connectivity index (χ0) is 9.84. The molecule has 0 saturated heterocycles. The zero-order valence-electron chi connectivity index (χ0n) is 6.89. The Balaban J connectivity index is 2.88. The van der Waals surface area contributed by atoms with Gasteiger partial charge in [-0.3, -0.25) is 0 Å². The molecule has 0 saturated carbocycles. The molecule has 0 spiro atoms. The molecule has 4 heteroatoms. The summed E-state index contributed by atoms with van der Waals surface area (Å²) in [6, 6.07) is 5.13. The summed E-state index contributed by atoms with van der Waals surface area (Å²) in [7, 11) is 0. The highest BCUT2D eigenvalue weighted by Crippen LogP contribution is 2.17. The SMILES string of the molecule is C=C[C@@H](O)[C@@H](O)c1cccc(Br)n1. The fraction of sp³-hybridized carbons (Fsp3) is 0.222. The molecular weight excluding hydrogens is 234 g/mol. The van der Waals surface area contributed by atoms with Crippen LogP contribution in [0, 0.1) is 0 Å². The Bertz CT molecular complexity index is 303. The second-order valence-electron chi connectivity index (χ2n) is 2.56. The largest absolute Gasteiger partial charge is 0.386 e. The summed E-state index contributed by atoms with van der Waals surface area (Å²) in [4.78, 5) is 4.00. The van der Waals surface area contributed by atoms with Crippen molar-refractivity contribution in [2.75, 3.05) is 0 Å². The van der Waals surface area contributed by atoms with Crippen molar-refractivity contribution >= 4 is 15.9 Å².